The second-order valence-electron chi connectivity index (χ2n) is 8.62. The summed E-state index contributed by atoms with van der Waals surface area (Å²) in [7, 11) is 0. The molecule has 3 rings (SSSR count). The van der Waals surface area contributed by atoms with E-state index in [0.29, 0.717) is 5.92 Å². The van der Waals surface area contributed by atoms with Crippen LogP contribution in [-0.2, 0) is 0 Å². The zero-order valence-electron chi connectivity index (χ0n) is 16.3. The molecule has 0 N–H and O–H groups in total. The molecule has 0 aromatic carbocycles. The zero-order chi connectivity index (χ0) is 17.1. The molecule has 2 fully saturated rings. The van der Waals surface area contributed by atoms with E-state index in [1.54, 1.807) is 5.57 Å². The summed E-state index contributed by atoms with van der Waals surface area (Å²) in [5.41, 5.74) is 3.16. The van der Waals surface area contributed by atoms with E-state index < -0.39 is 0 Å². The van der Waals surface area contributed by atoms with E-state index >= 15 is 0 Å². The summed E-state index contributed by atoms with van der Waals surface area (Å²) in [6.45, 7) is 19.5. The van der Waals surface area contributed by atoms with Gasteiger partial charge in [-0.25, -0.2) is 0 Å². The van der Waals surface area contributed by atoms with Crippen LogP contribution < -0.4 is 0 Å². The third-order valence-electron chi connectivity index (χ3n) is 6.16. The van der Waals surface area contributed by atoms with Crippen LogP contribution in [0.15, 0.2) is 23.3 Å². The summed E-state index contributed by atoms with van der Waals surface area (Å²) in [4.78, 5) is 8.03. The Morgan fingerprint density at radius 1 is 0.917 bits per heavy atom. The van der Waals surface area contributed by atoms with Crippen LogP contribution >= 0.6 is 0 Å². The van der Waals surface area contributed by atoms with Crippen LogP contribution in [0.3, 0.4) is 0 Å². The maximum atomic E-state index is 2.73. The Labute approximate surface area is 149 Å². The molecular weight excluding hydrogens is 294 g/mol. The van der Waals surface area contributed by atoms with Crippen molar-refractivity contribution in [3.05, 3.63) is 23.3 Å². The fraction of sp³-hybridized carbons (Fsp3) is 0.810. The van der Waals surface area contributed by atoms with Gasteiger partial charge in [0.15, 0.2) is 0 Å². The number of piperidine rings is 1. The predicted octanol–water partition coefficient (Wildman–Crippen LogP) is 3.25. The maximum Gasteiger partial charge on any atom is 0.0205 e. The monoisotopic (exact) mass is 331 g/mol. The molecule has 0 unspecified atom stereocenters. The lowest BCUT2D eigenvalue weighted by atomic mass is 9.95. The highest BCUT2D eigenvalue weighted by molar-refractivity contribution is 5.51. The van der Waals surface area contributed by atoms with Gasteiger partial charge in [-0.05, 0) is 62.8 Å². The first-order chi connectivity index (χ1) is 11.5. The lowest BCUT2D eigenvalue weighted by Gasteiger charge is -2.40. The molecule has 136 valence electrons. The minimum atomic E-state index is 0.680. The molecule has 0 saturated carbocycles. The van der Waals surface area contributed by atoms with Gasteiger partial charge in [0.1, 0.15) is 0 Å². The molecule has 0 aromatic heterocycles. The molecule has 3 nitrogen and oxygen atoms in total. The van der Waals surface area contributed by atoms with Gasteiger partial charge >= 0.3 is 0 Å². The van der Waals surface area contributed by atoms with Crippen molar-refractivity contribution in [2.24, 2.45) is 11.8 Å². The molecule has 0 spiro atoms. The van der Waals surface area contributed by atoms with Crippen LogP contribution in [0.1, 0.15) is 40.5 Å². The first kappa shape index (κ1) is 18.2. The highest BCUT2D eigenvalue weighted by atomic mass is 15.3. The van der Waals surface area contributed by atoms with Crippen molar-refractivity contribution < 1.29 is 0 Å². The summed E-state index contributed by atoms with van der Waals surface area (Å²) >= 11 is 0. The van der Waals surface area contributed by atoms with Crippen LogP contribution in [0.4, 0.5) is 0 Å². The van der Waals surface area contributed by atoms with E-state index in [1.165, 1.54) is 70.8 Å². The van der Waals surface area contributed by atoms with Gasteiger partial charge in [-0.1, -0.05) is 26.0 Å². The molecule has 3 heteroatoms. The van der Waals surface area contributed by atoms with E-state index in [4.69, 9.17) is 0 Å². The molecule has 2 saturated heterocycles. The van der Waals surface area contributed by atoms with Gasteiger partial charge in [-0.15, -0.1) is 0 Å². The average Bonchev–Trinajstić information content (AvgIpc) is 3.39. The molecule has 0 aromatic rings. The average molecular weight is 332 g/mol. The first-order valence-electron chi connectivity index (χ1n) is 10.1. The Balaban J connectivity index is 1.38. The quantitative estimate of drug-likeness (QED) is 0.740. The van der Waals surface area contributed by atoms with Gasteiger partial charge in [0.2, 0.25) is 0 Å². The lowest BCUT2D eigenvalue weighted by molar-refractivity contribution is 0.0899. The van der Waals surface area contributed by atoms with Crippen molar-refractivity contribution in [2.45, 2.75) is 46.6 Å². The number of likely N-dealkylation sites (tertiary alicyclic amines) is 1. The standard InChI is InChI=1S/C21H37N3/c1-17(2)21(20-5-6-20)16-23-13-11-22(12-14-23)15-19-7-9-24(10-8-19)18(3)4/h5-6,17-19H,7-16H2,1-4H3. The third kappa shape index (κ3) is 4.93. The van der Waals surface area contributed by atoms with E-state index in [9.17, 15) is 0 Å². The number of hydrogen-bond donors (Lipinski definition) is 0. The summed E-state index contributed by atoms with van der Waals surface area (Å²) in [6.07, 6.45) is 7.34. The Hall–Kier alpha value is -0.640. The first-order valence-corrected chi connectivity index (χ1v) is 10.1. The number of nitrogens with zero attached hydrogens (tertiary/aromatic N) is 3. The molecule has 2 heterocycles. The molecule has 0 atom stereocenters. The highest BCUT2D eigenvalue weighted by Crippen LogP contribution is 2.26. The van der Waals surface area contributed by atoms with Crippen molar-refractivity contribution in [1.82, 2.24) is 14.7 Å². The summed E-state index contributed by atoms with van der Waals surface area (Å²) in [6, 6.07) is 0.722. The minimum Gasteiger partial charge on any atom is -0.301 e. The molecule has 0 amide bonds. The van der Waals surface area contributed by atoms with Crippen molar-refractivity contribution in [3.8, 4) is 0 Å². The summed E-state index contributed by atoms with van der Waals surface area (Å²) in [5.74, 6) is 1.61. The van der Waals surface area contributed by atoms with Crippen LogP contribution in [0.2, 0.25) is 0 Å². The fourth-order valence-corrected chi connectivity index (χ4v) is 4.25. The molecule has 0 radical (unpaired) electrons. The van der Waals surface area contributed by atoms with Gasteiger partial charge < -0.3 is 9.80 Å². The Morgan fingerprint density at radius 3 is 2.00 bits per heavy atom. The van der Waals surface area contributed by atoms with Crippen molar-refractivity contribution in [2.75, 3.05) is 52.4 Å². The van der Waals surface area contributed by atoms with Crippen molar-refractivity contribution >= 4 is 0 Å². The van der Waals surface area contributed by atoms with Gasteiger partial charge in [-0.2, -0.15) is 0 Å². The van der Waals surface area contributed by atoms with E-state index in [1.807, 2.05) is 0 Å². The Kier molecular flexibility index (Phi) is 6.17. The normalized spacial score (nSPS) is 24.3. The zero-order valence-corrected chi connectivity index (χ0v) is 16.3. The van der Waals surface area contributed by atoms with E-state index in [2.05, 4.69) is 54.5 Å². The second kappa shape index (κ2) is 8.16. The van der Waals surface area contributed by atoms with Gasteiger partial charge in [0.05, 0.1) is 0 Å². The molecule has 3 aliphatic rings. The fourth-order valence-electron chi connectivity index (χ4n) is 4.25. The van der Waals surface area contributed by atoms with Gasteiger partial charge in [0, 0.05) is 45.3 Å². The molecular formula is C21H37N3. The Bertz CT molecular complexity index is 453. The van der Waals surface area contributed by atoms with Crippen LogP contribution in [-0.4, -0.2) is 73.1 Å². The predicted molar refractivity (Wildman–Crippen MR) is 103 cm³/mol. The number of hydrogen-bond acceptors (Lipinski definition) is 3. The summed E-state index contributed by atoms with van der Waals surface area (Å²) in [5, 5.41) is 0. The van der Waals surface area contributed by atoms with Crippen LogP contribution in [0, 0.1) is 11.8 Å². The molecule has 0 bridgehead atoms. The number of rotatable bonds is 6. The molecule has 1 aliphatic carbocycles. The lowest BCUT2D eigenvalue weighted by Crippen LogP contribution is -2.49. The van der Waals surface area contributed by atoms with E-state index in [0.717, 1.165) is 12.0 Å². The maximum absolute atomic E-state index is 2.73. The second-order valence-corrected chi connectivity index (χ2v) is 8.62. The Morgan fingerprint density at radius 2 is 1.50 bits per heavy atom. The smallest absolute Gasteiger partial charge is 0.0205 e. The largest absolute Gasteiger partial charge is 0.301 e. The van der Waals surface area contributed by atoms with Gasteiger partial charge in [0.25, 0.3) is 0 Å². The van der Waals surface area contributed by atoms with Crippen molar-refractivity contribution in [3.63, 3.8) is 0 Å². The topological polar surface area (TPSA) is 9.72 Å². The molecule has 2 aliphatic heterocycles. The van der Waals surface area contributed by atoms with Crippen LogP contribution in [0.5, 0.6) is 0 Å². The minimum absolute atomic E-state index is 0.680. The highest BCUT2D eigenvalue weighted by Gasteiger charge is 2.25. The van der Waals surface area contributed by atoms with Crippen molar-refractivity contribution in [1.29, 1.82) is 0 Å². The number of piperazine rings is 1. The third-order valence-corrected chi connectivity index (χ3v) is 6.16. The van der Waals surface area contributed by atoms with Crippen LogP contribution in [0.25, 0.3) is 0 Å². The van der Waals surface area contributed by atoms with Gasteiger partial charge in [-0.3, -0.25) is 4.90 Å². The summed E-state index contributed by atoms with van der Waals surface area (Å²) < 4.78 is 0. The van der Waals surface area contributed by atoms with E-state index in [-0.39, 0.29) is 0 Å². The number of allylic oxidation sites excluding steroid dienone is 3. The SMILES string of the molecule is CC(C)C(CN1CCN(CC2CCN(C(C)C)CC2)CC1)=C1C=C1. The molecule has 24 heavy (non-hydrogen) atoms.